The quantitative estimate of drug-likeness (QED) is 0.0992. The number of rotatable bonds is 9. The van der Waals surface area contributed by atoms with Gasteiger partial charge in [-0.05, 0) is 25.1 Å². The first-order valence-corrected chi connectivity index (χ1v) is 16.4. The molecular weight excluding hydrogens is 716 g/mol. The van der Waals surface area contributed by atoms with Gasteiger partial charge in [0.15, 0.2) is 29.3 Å². The van der Waals surface area contributed by atoms with E-state index in [0.717, 1.165) is 18.2 Å². The summed E-state index contributed by atoms with van der Waals surface area (Å²) in [6.07, 6.45) is -23.9. The molecular formula is C33H40O20. The lowest BCUT2D eigenvalue weighted by Gasteiger charge is -2.45. The average Bonchev–Trinajstić information content (AvgIpc) is 3.12. The molecule has 0 bridgehead atoms. The minimum absolute atomic E-state index is 0.106. The highest BCUT2D eigenvalue weighted by molar-refractivity contribution is 5.86. The van der Waals surface area contributed by atoms with Gasteiger partial charge in [0.25, 0.3) is 0 Å². The monoisotopic (exact) mass is 756 g/mol. The number of fused-ring (bicyclic) bond motifs is 1. The molecule has 6 rings (SSSR count). The number of aliphatic hydroxyl groups excluding tert-OH is 10. The summed E-state index contributed by atoms with van der Waals surface area (Å²) in [5.74, 6) is -1.77. The van der Waals surface area contributed by atoms with E-state index in [1.165, 1.54) is 25.1 Å². The van der Waals surface area contributed by atoms with E-state index in [1.54, 1.807) is 0 Å². The minimum atomic E-state index is -1.82. The van der Waals surface area contributed by atoms with Crippen molar-refractivity contribution in [3.8, 4) is 34.3 Å². The minimum Gasteiger partial charge on any atom is -0.507 e. The van der Waals surface area contributed by atoms with Gasteiger partial charge in [0, 0.05) is 23.8 Å². The largest absolute Gasteiger partial charge is 0.507 e. The fourth-order valence-electron chi connectivity index (χ4n) is 6.22. The summed E-state index contributed by atoms with van der Waals surface area (Å²) >= 11 is 0. The third-order valence-electron chi connectivity index (χ3n) is 9.29. The van der Waals surface area contributed by atoms with Crippen LogP contribution in [0.15, 0.2) is 45.6 Å². The average molecular weight is 757 g/mol. The first-order valence-electron chi connectivity index (χ1n) is 16.4. The number of ether oxygens (including phenoxy) is 6. The molecule has 4 heterocycles. The van der Waals surface area contributed by atoms with Crippen LogP contribution in [0.25, 0.3) is 22.3 Å². The number of phenols is 2. The fourth-order valence-corrected chi connectivity index (χ4v) is 6.22. The van der Waals surface area contributed by atoms with Crippen LogP contribution >= 0.6 is 0 Å². The van der Waals surface area contributed by atoms with E-state index in [9.17, 15) is 66.1 Å². The summed E-state index contributed by atoms with van der Waals surface area (Å²) in [5.41, 5.74) is -0.825. The summed E-state index contributed by atoms with van der Waals surface area (Å²) in [5, 5.41) is 123. The Morgan fingerprint density at radius 3 is 1.92 bits per heavy atom. The molecule has 3 aromatic rings. The van der Waals surface area contributed by atoms with Crippen LogP contribution in [0.5, 0.6) is 23.0 Å². The zero-order valence-electron chi connectivity index (χ0n) is 27.7. The molecule has 2 aromatic carbocycles. The zero-order chi connectivity index (χ0) is 38.5. The van der Waals surface area contributed by atoms with Gasteiger partial charge in [-0.1, -0.05) is 0 Å². The first-order chi connectivity index (χ1) is 25.1. The van der Waals surface area contributed by atoms with Crippen molar-refractivity contribution in [3.05, 3.63) is 46.6 Å². The van der Waals surface area contributed by atoms with Gasteiger partial charge in [-0.3, -0.25) is 4.79 Å². The molecule has 3 aliphatic rings. The topological polar surface area (TPSA) is 328 Å². The second-order valence-corrected chi connectivity index (χ2v) is 12.9. The lowest BCUT2D eigenvalue weighted by atomic mass is 9.97. The van der Waals surface area contributed by atoms with Crippen molar-refractivity contribution in [1.29, 1.82) is 0 Å². The number of aliphatic hydroxyl groups is 10. The van der Waals surface area contributed by atoms with Crippen molar-refractivity contribution >= 4 is 11.0 Å². The molecule has 0 saturated carbocycles. The predicted octanol–water partition coefficient (Wildman–Crippen LogP) is -3.92. The van der Waals surface area contributed by atoms with Gasteiger partial charge in [0.2, 0.25) is 12.6 Å². The van der Waals surface area contributed by atoms with Crippen LogP contribution in [0, 0.1) is 0 Å². The van der Waals surface area contributed by atoms with Crippen molar-refractivity contribution in [3.63, 3.8) is 0 Å². The van der Waals surface area contributed by atoms with E-state index in [2.05, 4.69) is 0 Å². The summed E-state index contributed by atoms with van der Waals surface area (Å²) in [6, 6.07) is 6.89. The summed E-state index contributed by atoms with van der Waals surface area (Å²) in [6.45, 7) is -0.0911. The zero-order valence-corrected chi connectivity index (χ0v) is 27.7. The molecule has 0 radical (unpaired) electrons. The molecule has 12 N–H and O–H groups in total. The van der Waals surface area contributed by atoms with Gasteiger partial charge in [-0.2, -0.15) is 0 Å². The summed E-state index contributed by atoms with van der Waals surface area (Å²) in [4.78, 5) is 13.1. The van der Waals surface area contributed by atoms with Crippen LogP contribution in [0.1, 0.15) is 6.92 Å². The Morgan fingerprint density at radius 2 is 1.26 bits per heavy atom. The van der Waals surface area contributed by atoms with Crippen LogP contribution in [0.3, 0.4) is 0 Å². The summed E-state index contributed by atoms with van der Waals surface area (Å²) < 4.78 is 39.2. The molecule has 0 aliphatic carbocycles. The lowest BCUT2D eigenvalue weighted by Crippen LogP contribution is -2.64. The highest BCUT2D eigenvalue weighted by Crippen LogP contribution is 2.38. The van der Waals surface area contributed by atoms with E-state index in [-0.39, 0.29) is 33.8 Å². The maximum Gasteiger partial charge on any atom is 0.229 e. The van der Waals surface area contributed by atoms with Crippen molar-refractivity contribution < 1.29 is 94.1 Å². The van der Waals surface area contributed by atoms with Crippen molar-refractivity contribution in [2.45, 2.75) is 99.0 Å². The maximum atomic E-state index is 13.1. The molecule has 3 aliphatic heterocycles. The van der Waals surface area contributed by atoms with Crippen molar-refractivity contribution in [1.82, 2.24) is 0 Å². The van der Waals surface area contributed by atoms with Crippen LogP contribution in [-0.4, -0.2) is 167 Å². The lowest BCUT2D eigenvalue weighted by molar-refractivity contribution is -0.354. The van der Waals surface area contributed by atoms with Crippen LogP contribution < -0.4 is 14.9 Å². The molecule has 0 amide bonds. The molecule has 20 nitrogen and oxygen atoms in total. The molecule has 53 heavy (non-hydrogen) atoms. The number of phenolic OH excluding ortho intramolecular Hbond substituents is 2. The Hall–Kier alpha value is -3.71. The number of benzene rings is 2. The summed E-state index contributed by atoms with van der Waals surface area (Å²) in [7, 11) is 0. The third-order valence-corrected chi connectivity index (χ3v) is 9.29. The molecule has 3 saturated heterocycles. The highest BCUT2D eigenvalue weighted by Gasteiger charge is 2.51. The van der Waals surface area contributed by atoms with Gasteiger partial charge < -0.3 is 94.1 Å². The number of hydrogen-bond donors (Lipinski definition) is 12. The maximum absolute atomic E-state index is 13.1. The Labute approximate surface area is 298 Å². The van der Waals surface area contributed by atoms with Crippen molar-refractivity contribution in [2.24, 2.45) is 0 Å². The van der Waals surface area contributed by atoms with Gasteiger partial charge >= 0.3 is 0 Å². The van der Waals surface area contributed by atoms with E-state index in [1.807, 2.05) is 0 Å². The predicted molar refractivity (Wildman–Crippen MR) is 171 cm³/mol. The number of aromatic hydroxyl groups is 2. The van der Waals surface area contributed by atoms with E-state index >= 15 is 0 Å². The molecule has 15 atom stereocenters. The smallest absolute Gasteiger partial charge is 0.229 e. The molecule has 0 spiro atoms. The fraction of sp³-hybridized carbons (Fsp3) is 0.545. The molecule has 3 fully saturated rings. The van der Waals surface area contributed by atoms with E-state index < -0.39 is 122 Å². The van der Waals surface area contributed by atoms with Gasteiger partial charge in [0.05, 0.1) is 19.3 Å². The van der Waals surface area contributed by atoms with Gasteiger partial charge in [0.1, 0.15) is 89.3 Å². The molecule has 20 heteroatoms. The molecule has 0 unspecified atom stereocenters. The Bertz CT molecular complexity index is 1800. The normalized spacial score (nSPS) is 37.8. The van der Waals surface area contributed by atoms with Gasteiger partial charge in [-0.15, -0.1) is 0 Å². The van der Waals surface area contributed by atoms with E-state index in [0.29, 0.717) is 0 Å². The number of hydrogen-bond acceptors (Lipinski definition) is 20. The molecule has 1 aromatic heterocycles. The van der Waals surface area contributed by atoms with E-state index in [4.69, 9.17) is 32.8 Å². The van der Waals surface area contributed by atoms with Crippen LogP contribution in [0.2, 0.25) is 0 Å². The highest BCUT2D eigenvalue weighted by atomic mass is 16.8. The SMILES string of the molecule is C[C@H]1O[C@@H](O[C@@H]2[C@@H](Oc3ccc(-c4cc(=O)c5c(O)cc(O[C@H]6O[C@@H](CO)[C@H](O)[C@@H](O)[C@@H]6O)cc5o4)cc3O)O[C@@H](CO)[C@H](O)[C@H]2O)[C@@H](O)[C@@H](O)[C@@H]1O. The Kier molecular flexibility index (Phi) is 11.5. The van der Waals surface area contributed by atoms with Crippen LogP contribution in [-0.2, 0) is 18.9 Å². The van der Waals surface area contributed by atoms with Crippen molar-refractivity contribution in [2.75, 3.05) is 13.2 Å². The third kappa shape index (κ3) is 7.52. The second-order valence-electron chi connectivity index (χ2n) is 12.9. The standard InChI is InChI=1S/C33H40O20/c1-10-22(39)25(42)28(45)31(47-10)53-30-27(44)24(41)20(9-35)52-33(30)50-16-3-2-11(4-13(16)36)17-7-15(38)21-14(37)5-12(6-18(21)49-17)48-32-29(46)26(43)23(40)19(8-34)51-32/h2-7,10,19-20,22-37,39-46H,8-9H2,1H3/t10-,19+,20+,22-,23+,24+,25+,26-,27-,28+,29+,30+,31+,32+,33+/m1/s1. The first kappa shape index (κ1) is 39.0. The second kappa shape index (κ2) is 15.6. The van der Waals surface area contributed by atoms with Crippen LogP contribution in [0.4, 0.5) is 0 Å². The molecule has 292 valence electrons. The Morgan fingerprint density at radius 1 is 0.642 bits per heavy atom. The van der Waals surface area contributed by atoms with Gasteiger partial charge in [-0.25, -0.2) is 0 Å². The Balaban J connectivity index is 1.25.